The molecule has 1 N–H and O–H groups in total. The number of hydrogen-bond donors (Lipinski definition) is 1. The van der Waals surface area contributed by atoms with Crippen molar-refractivity contribution >= 4 is 29.0 Å². The number of amides is 1. The Hall–Kier alpha value is -3.35. The van der Waals surface area contributed by atoms with E-state index in [0.717, 1.165) is 5.56 Å². The highest BCUT2D eigenvalue weighted by Crippen LogP contribution is 2.44. The minimum atomic E-state index is -2.01. The number of carbonyl (C=O) groups excluding carboxylic acids is 2. The summed E-state index contributed by atoms with van der Waals surface area (Å²) >= 11 is 6.19. The predicted molar refractivity (Wildman–Crippen MR) is 126 cm³/mol. The summed E-state index contributed by atoms with van der Waals surface area (Å²) in [6.45, 7) is 0.365. The highest BCUT2D eigenvalue weighted by molar-refractivity contribution is 6.31. The molecule has 0 saturated carbocycles. The molecule has 6 nitrogen and oxygen atoms in total. The van der Waals surface area contributed by atoms with Gasteiger partial charge in [0.15, 0.2) is 22.9 Å². The fraction of sp³-hybridized carbons (Fsp3) is 0.231. The molecule has 3 aromatic carbocycles. The van der Waals surface area contributed by atoms with E-state index < -0.39 is 23.7 Å². The number of fused-ring (bicyclic) bond motifs is 1. The lowest BCUT2D eigenvalue weighted by atomic mass is 9.88. The number of ketones is 1. The van der Waals surface area contributed by atoms with Gasteiger partial charge in [-0.3, -0.25) is 9.59 Å². The van der Waals surface area contributed by atoms with E-state index in [-0.39, 0.29) is 0 Å². The maximum Gasteiger partial charge on any atom is 0.264 e. The second kappa shape index (κ2) is 9.25. The van der Waals surface area contributed by atoms with Crippen LogP contribution in [0.3, 0.4) is 0 Å². The molecule has 3 aromatic rings. The van der Waals surface area contributed by atoms with E-state index in [1.165, 1.54) is 25.2 Å². The fourth-order valence-corrected chi connectivity index (χ4v) is 4.32. The van der Waals surface area contributed by atoms with Crippen molar-refractivity contribution in [3.63, 3.8) is 0 Å². The molecule has 33 heavy (non-hydrogen) atoms. The van der Waals surface area contributed by atoms with E-state index in [9.17, 15) is 14.7 Å². The quantitative estimate of drug-likeness (QED) is 0.499. The molecule has 0 fully saturated rings. The largest absolute Gasteiger partial charge is 0.493 e. The molecule has 1 aliphatic heterocycles. The Morgan fingerprint density at radius 1 is 1.00 bits per heavy atom. The topological polar surface area (TPSA) is 76.1 Å². The lowest BCUT2D eigenvalue weighted by Gasteiger charge is -2.23. The number of methoxy groups -OCH3 is 2. The summed E-state index contributed by atoms with van der Waals surface area (Å²) in [6, 6.07) is 19.4. The van der Waals surface area contributed by atoms with Gasteiger partial charge in [-0.25, -0.2) is 0 Å². The van der Waals surface area contributed by atoms with Crippen molar-refractivity contribution in [3.05, 3.63) is 88.4 Å². The zero-order valence-corrected chi connectivity index (χ0v) is 19.1. The van der Waals surface area contributed by atoms with Gasteiger partial charge < -0.3 is 19.5 Å². The molecule has 7 heteroatoms. The summed E-state index contributed by atoms with van der Waals surface area (Å²) in [4.78, 5) is 28.1. The summed E-state index contributed by atoms with van der Waals surface area (Å²) < 4.78 is 10.5. The number of benzene rings is 3. The number of ether oxygens (including phenoxy) is 2. The molecule has 0 bridgehead atoms. The first kappa shape index (κ1) is 22.8. The summed E-state index contributed by atoms with van der Waals surface area (Å²) in [5.74, 6) is -0.0675. The Morgan fingerprint density at radius 2 is 1.73 bits per heavy atom. The monoisotopic (exact) mass is 465 g/mol. The highest BCUT2D eigenvalue weighted by atomic mass is 35.5. The normalized spacial score (nSPS) is 17.1. The van der Waals surface area contributed by atoms with E-state index in [2.05, 4.69) is 0 Å². The van der Waals surface area contributed by atoms with Crippen molar-refractivity contribution < 1.29 is 24.2 Å². The molecular weight excluding hydrogens is 442 g/mol. The first-order valence-corrected chi connectivity index (χ1v) is 10.9. The summed E-state index contributed by atoms with van der Waals surface area (Å²) in [7, 11) is 2.98. The first-order valence-electron chi connectivity index (χ1n) is 10.5. The second-order valence-corrected chi connectivity index (χ2v) is 8.32. The molecule has 0 aromatic heterocycles. The van der Waals surface area contributed by atoms with Crippen molar-refractivity contribution in [2.75, 3.05) is 25.7 Å². The molecule has 1 atom stereocenters. The summed E-state index contributed by atoms with van der Waals surface area (Å²) in [5.41, 5.74) is 0.254. The van der Waals surface area contributed by atoms with Gasteiger partial charge in [0.05, 0.1) is 26.3 Å². The Labute approximate surface area is 197 Å². The maximum absolute atomic E-state index is 13.4. The van der Waals surface area contributed by atoms with Crippen LogP contribution >= 0.6 is 11.6 Å². The average molecular weight is 466 g/mol. The number of carbonyl (C=O) groups is 2. The molecule has 0 unspecified atom stereocenters. The van der Waals surface area contributed by atoms with E-state index in [0.29, 0.717) is 46.3 Å². The number of halogens is 1. The van der Waals surface area contributed by atoms with Crippen molar-refractivity contribution in [3.8, 4) is 11.5 Å². The number of anilines is 1. The molecule has 1 aliphatic rings. The van der Waals surface area contributed by atoms with Crippen LogP contribution in [0.25, 0.3) is 0 Å². The Balaban J connectivity index is 1.64. The van der Waals surface area contributed by atoms with Crippen molar-refractivity contribution in [2.24, 2.45) is 0 Å². The van der Waals surface area contributed by atoms with Crippen LogP contribution in [0.2, 0.25) is 5.02 Å². The third-order valence-corrected chi connectivity index (χ3v) is 6.12. The number of Topliss-reactive ketones (excluding diaryl/α,β-unsaturated/α-hetero) is 1. The van der Waals surface area contributed by atoms with Crippen LogP contribution in [0.15, 0.2) is 66.7 Å². The van der Waals surface area contributed by atoms with Crippen LogP contribution < -0.4 is 14.4 Å². The van der Waals surface area contributed by atoms with Gasteiger partial charge in [0.2, 0.25) is 0 Å². The Kier molecular flexibility index (Phi) is 6.40. The Bertz CT molecular complexity index is 1200. The lowest BCUT2D eigenvalue weighted by molar-refractivity contribution is -0.135. The minimum Gasteiger partial charge on any atom is -0.493 e. The van der Waals surface area contributed by atoms with Gasteiger partial charge in [0.1, 0.15) is 0 Å². The standard InChI is InChI=1S/C26H24ClNO5/c1-32-23-11-8-18(14-24(23)33-2)22(29)16-26(31)20-15-19(27)9-10-21(20)28(25(26)30)13-12-17-6-4-3-5-7-17/h3-11,14-15,31H,12-13,16H2,1-2H3/t26-/m0/s1. The minimum absolute atomic E-state index is 0.306. The summed E-state index contributed by atoms with van der Waals surface area (Å²) in [5, 5.41) is 11.9. The van der Waals surface area contributed by atoms with Crippen molar-refractivity contribution in [2.45, 2.75) is 18.4 Å². The fourth-order valence-electron chi connectivity index (χ4n) is 4.15. The van der Waals surface area contributed by atoms with Gasteiger partial charge in [0, 0.05) is 22.7 Å². The van der Waals surface area contributed by atoms with Crippen molar-refractivity contribution in [1.82, 2.24) is 0 Å². The lowest BCUT2D eigenvalue weighted by Crippen LogP contribution is -2.42. The van der Waals surface area contributed by atoms with Gasteiger partial charge in [0.25, 0.3) is 5.91 Å². The van der Waals surface area contributed by atoms with Crippen LogP contribution in [0.5, 0.6) is 11.5 Å². The first-order chi connectivity index (χ1) is 15.9. The number of rotatable bonds is 8. The number of nitrogens with zero attached hydrogens (tertiary/aromatic N) is 1. The molecule has 170 valence electrons. The van der Waals surface area contributed by atoms with E-state index >= 15 is 0 Å². The maximum atomic E-state index is 13.4. The molecule has 0 radical (unpaired) electrons. The van der Waals surface area contributed by atoms with Crippen LogP contribution in [0.1, 0.15) is 27.9 Å². The van der Waals surface area contributed by atoms with Crippen LogP contribution in [-0.2, 0) is 16.8 Å². The van der Waals surface area contributed by atoms with E-state index in [4.69, 9.17) is 21.1 Å². The number of hydrogen-bond acceptors (Lipinski definition) is 5. The smallest absolute Gasteiger partial charge is 0.264 e. The number of aliphatic hydroxyl groups is 1. The van der Waals surface area contributed by atoms with Crippen LogP contribution in [0, 0.1) is 0 Å². The predicted octanol–water partition coefficient (Wildman–Crippen LogP) is 4.41. The molecule has 1 heterocycles. The molecular formula is C26H24ClNO5. The third-order valence-electron chi connectivity index (χ3n) is 5.88. The summed E-state index contributed by atoms with van der Waals surface area (Å²) in [6.07, 6.45) is 0.185. The second-order valence-electron chi connectivity index (χ2n) is 7.88. The SMILES string of the molecule is COc1ccc(C(=O)C[C@@]2(O)C(=O)N(CCc3ccccc3)c3ccc(Cl)cc32)cc1OC. The highest BCUT2D eigenvalue weighted by Gasteiger charge is 2.51. The van der Waals surface area contributed by atoms with Crippen molar-refractivity contribution in [1.29, 1.82) is 0 Å². The van der Waals surface area contributed by atoms with Gasteiger partial charge in [-0.15, -0.1) is 0 Å². The average Bonchev–Trinajstić information content (AvgIpc) is 3.03. The van der Waals surface area contributed by atoms with E-state index in [1.54, 1.807) is 30.3 Å². The molecule has 1 amide bonds. The van der Waals surface area contributed by atoms with Gasteiger partial charge >= 0.3 is 0 Å². The van der Waals surface area contributed by atoms with Gasteiger partial charge in [-0.05, 0) is 48.4 Å². The molecule has 0 aliphatic carbocycles. The molecule has 4 rings (SSSR count). The van der Waals surface area contributed by atoms with Gasteiger partial charge in [-0.1, -0.05) is 41.9 Å². The Morgan fingerprint density at radius 3 is 2.42 bits per heavy atom. The molecule has 0 spiro atoms. The van der Waals surface area contributed by atoms with E-state index in [1.807, 2.05) is 30.3 Å². The third kappa shape index (κ3) is 4.32. The zero-order chi connectivity index (χ0) is 23.6. The molecule has 0 saturated heterocycles. The van der Waals surface area contributed by atoms with Crippen LogP contribution in [0.4, 0.5) is 5.69 Å². The zero-order valence-electron chi connectivity index (χ0n) is 18.4. The van der Waals surface area contributed by atoms with Crippen LogP contribution in [-0.4, -0.2) is 37.6 Å². The van der Waals surface area contributed by atoms with Gasteiger partial charge in [-0.2, -0.15) is 0 Å².